The van der Waals surface area contributed by atoms with Crippen LogP contribution in [0.2, 0.25) is 0 Å². The van der Waals surface area contributed by atoms with Crippen molar-refractivity contribution in [3.05, 3.63) is 169 Å². The van der Waals surface area contributed by atoms with Crippen LogP contribution in [0.3, 0.4) is 0 Å². The maximum absolute atomic E-state index is 6.60. The van der Waals surface area contributed by atoms with Gasteiger partial charge in [0.05, 0.1) is 39.5 Å². The molecule has 3 heterocycles. The van der Waals surface area contributed by atoms with E-state index in [9.17, 15) is 0 Å². The summed E-state index contributed by atoms with van der Waals surface area (Å²) in [5, 5.41) is 4.96. The maximum atomic E-state index is 6.60. The number of hydrogen-bond acceptors (Lipinski definition) is 2. The summed E-state index contributed by atoms with van der Waals surface area (Å²) in [6, 6.07) is 47.7. The number of aliphatic imine (C=N–C) groups is 1. The van der Waals surface area contributed by atoms with Gasteiger partial charge in [0.25, 0.3) is 0 Å². The number of fused-ring (bicyclic) bond motifs is 12. The Morgan fingerprint density at radius 1 is 0.604 bits per heavy atom. The molecule has 0 radical (unpaired) electrons. The molecule has 2 aromatic heterocycles. The van der Waals surface area contributed by atoms with E-state index in [4.69, 9.17) is 10.7 Å². The number of nitrogens with zero attached hydrogens (tertiary/aromatic N) is 3. The fraction of sp³-hybridized carbons (Fsp3) is 0.0227. The van der Waals surface area contributed by atoms with Gasteiger partial charge in [-0.3, -0.25) is 4.57 Å². The average molecular weight is 615 g/mol. The van der Waals surface area contributed by atoms with Crippen molar-refractivity contribution in [1.82, 2.24) is 9.13 Å². The second kappa shape index (κ2) is 10.4. The van der Waals surface area contributed by atoms with Gasteiger partial charge < -0.3 is 10.3 Å². The van der Waals surface area contributed by atoms with E-state index in [1.54, 1.807) is 0 Å². The third-order valence-electron chi connectivity index (χ3n) is 9.96. The predicted molar refractivity (Wildman–Crippen MR) is 202 cm³/mol. The van der Waals surface area contributed by atoms with Crippen LogP contribution < -0.4 is 5.73 Å². The third kappa shape index (κ3) is 3.78. The zero-order valence-corrected chi connectivity index (χ0v) is 26.1. The van der Waals surface area contributed by atoms with Crippen molar-refractivity contribution in [3.63, 3.8) is 0 Å². The summed E-state index contributed by atoms with van der Waals surface area (Å²) in [6.45, 7) is 0. The first-order valence-electron chi connectivity index (χ1n) is 16.4. The van der Waals surface area contributed by atoms with E-state index in [0.29, 0.717) is 0 Å². The van der Waals surface area contributed by atoms with Crippen LogP contribution in [-0.4, -0.2) is 21.5 Å². The van der Waals surface area contributed by atoms with Gasteiger partial charge in [-0.25, -0.2) is 4.99 Å². The predicted octanol–water partition coefficient (Wildman–Crippen LogP) is 10.3. The molecule has 4 nitrogen and oxygen atoms in total. The summed E-state index contributed by atoms with van der Waals surface area (Å²) in [7, 11) is 0. The Balaban J connectivity index is 1.29. The number of allylic oxidation sites excluding steroid dienone is 2. The summed E-state index contributed by atoms with van der Waals surface area (Å²) in [5.74, 6) is 0. The number of aromatic nitrogens is 2. The molecule has 2 aliphatic rings. The molecule has 8 aromatic rings. The normalized spacial score (nSPS) is 16.2. The van der Waals surface area contributed by atoms with Gasteiger partial charge >= 0.3 is 0 Å². The second-order valence-electron chi connectivity index (χ2n) is 12.5. The lowest BCUT2D eigenvalue weighted by molar-refractivity contribution is 0.970. The molecule has 1 unspecified atom stereocenters. The minimum Gasteiger partial charge on any atom is -0.321 e. The average Bonchev–Trinajstić information content (AvgIpc) is 3.61. The first-order valence-corrected chi connectivity index (χ1v) is 16.4. The van der Waals surface area contributed by atoms with E-state index in [-0.39, 0.29) is 6.04 Å². The quantitative estimate of drug-likeness (QED) is 0.156. The molecule has 4 heteroatoms. The summed E-state index contributed by atoms with van der Waals surface area (Å²) in [5.41, 5.74) is 20.3. The van der Waals surface area contributed by atoms with Crippen LogP contribution in [0.25, 0.3) is 77.2 Å². The lowest BCUT2D eigenvalue weighted by Crippen LogP contribution is -2.21. The van der Waals surface area contributed by atoms with Gasteiger partial charge in [-0.1, -0.05) is 133 Å². The minimum absolute atomic E-state index is 0.232. The molecule has 6 aromatic carbocycles. The molecule has 226 valence electrons. The summed E-state index contributed by atoms with van der Waals surface area (Å²) >= 11 is 0. The van der Waals surface area contributed by atoms with E-state index in [1.165, 1.54) is 60.5 Å². The Hall–Kier alpha value is -6.23. The molecule has 10 rings (SSSR count). The van der Waals surface area contributed by atoms with Gasteiger partial charge in [0.2, 0.25) is 0 Å². The van der Waals surface area contributed by atoms with E-state index in [2.05, 4.69) is 130 Å². The van der Waals surface area contributed by atoms with E-state index in [1.807, 2.05) is 42.8 Å². The molecule has 1 aliphatic heterocycles. The van der Waals surface area contributed by atoms with Gasteiger partial charge in [-0.15, -0.1) is 0 Å². The van der Waals surface area contributed by atoms with Crippen molar-refractivity contribution in [2.75, 3.05) is 0 Å². The van der Waals surface area contributed by atoms with E-state index < -0.39 is 0 Å². The standard InChI is InChI=1S/C44H30N4/c45-36-21-8-4-16-33(36)43(28-13-2-1-3-14-28)46-27-47-37-22-9-6-17-34(37)42-40(47)26-25-30-32-20-12-19-31-29-15-5-10-23-38(29)48(44(31)32)39-24-11-7-18-35(39)41(30)42/h1-27,36H,45H2/b43-33-,46-27+. The van der Waals surface area contributed by atoms with Gasteiger partial charge in [-0.05, 0) is 35.4 Å². The topological polar surface area (TPSA) is 48.2 Å². The lowest BCUT2D eigenvalue weighted by Gasteiger charge is -2.16. The van der Waals surface area contributed by atoms with E-state index >= 15 is 0 Å². The van der Waals surface area contributed by atoms with Crippen LogP contribution in [-0.2, 0) is 0 Å². The number of hydrogen-bond donors (Lipinski definition) is 1. The highest BCUT2D eigenvalue weighted by Crippen LogP contribution is 2.50. The molecule has 0 saturated heterocycles. The third-order valence-corrected chi connectivity index (χ3v) is 9.96. The molecule has 0 spiro atoms. The van der Waals surface area contributed by atoms with Crippen molar-refractivity contribution >= 4 is 55.6 Å². The highest BCUT2D eigenvalue weighted by Gasteiger charge is 2.27. The largest absolute Gasteiger partial charge is 0.321 e. The summed E-state index contributed by atoms with van der Waals surface area (Å²) in [6.07, 6.45) is 10.1. The molecule has 0 fully saturated rings. The summed E-state index contributed by atoms with van der Waals surface area (Å²) in [4.78, 5) is 5.22. The Morgan fingerprint density at radius 3 is 2.21 bits per heavy atom. The summed E-state index contributed by atoms with van der Waals surface area (Å²) < 4.78 is 4.71. The van der Waals surface area contributed by atoms with Crippen molar-refractivity contribution in [3.8, 4) is 27.9 Å². The zero-order valence-electron chi connectivity index (χ0n) is 26.1. The van der Waals surface area contributed by atoms with Gasteiger partial charge in [0.1, 0.15) is 6.34 Å². The number of para-hydroxylation sites is 4. The Morgan fingerprint density at radius 2 is 1.33 bits per heavy atom. The Labute approximate surface area is 277 Å². The number of nitrogens with two attached hydrogens (primary N) is 1. The molecule has 0 saturated carbocycles. The smallest absolute Gasteiger partial charge is 0.100 e. The van der Waals surface area contributed by atoms with Crippen molar-refractivity contribution in [1.29, 1.82) is 0 Å². The van der Waals surface area contributed by atoms with Crippen molar-refractivity contribution in [2.45, 2.75) is 6.04 Å². The molecule has 1 atom stereocenters. The number of rotatable bonds is 3. The van der Waals surface area contributed by atoms with Crippen molar-refractivity contribution in [2.24, 2.45) is 10.7 Å². The minimum atomic E-state index is -0.232. The van der Waals surface area contributed by atoms with Gasteiger partial charge in [0, 0.05) is 43.8 Å². The fourth-order valence-electron chi connectivity index (χ4n) is 7.91. The second-order valence-corrected chi connectivity index (χ2v) is 12.5. The zero-order chi connectivity index (χ0) is 31.8. The molecule has 48 heavy (non-hydrogen) atoms. The number of benzene rings is 6. The van der Waals surface area contributed by atoms with Crippen LogP contribution >= 0.6 is 0 Å². The van der Waals surface area contributed by atoms with Gasteiger partial charge in [0.15, 0.2) is 0 Å². The molecule has 0 bridgehead atoms. The van der Waals surface area contributed by atoms with Gasteiger partial charge in [-0.2, -0.15) is 0 Å². The SMILES string of the molecule is NC1C=CC=C/C1=C(/N=C/n1c2ccccc2c2c3c(ccc21)-c1cccc2c4ccccc4n(c12)-c1ccccc1-3)c1ccccc1. The first-order chi connectivity index (χ1) is 23.8. The highest BCUT2D eigenvalue weighted by atomic mass is 15.0. The molecule has 0 amide bonds. The molecule has 2 N–H and O–H groups in total. The lowest BCUT2D eigenvalue weighted by atomic mass is 9.90. The monoisotopic (exact) mass is 614 g/mol. The molecule has 1 aliphatic carbocycles. The van der Waals surface area contributed by atoms with Crippen molar-refractivity contribution < 1.29 is 0 Å². The van der Waals surface area contributed by atoms with Crippen LogP contribution in [0.1, 0.15) is 5.56 Å². The first kappa shape index (κ1) is 26.9. The highest BCUT2D eigenvalue weighted by molar-refractivity contribution is 6.24. The Bertz CT molecular complexity index is 2730. The van der Waals surface area contributed by atoms with Crippen LogP contribution in [0.4, 0.5) is 0 Å². The van der Waals surface area contributed by atoms with Crippen LogP contribution in [0.15, 0.2) is 168 Å². The van der Waals surface area contributed by atoms with Crippen LogP contribution in [0.5, 0.6) is 0 Å². The maximum Gasteiger partial charge on any atom is 0.100 e. The van der Waals surface area contributed by atoms with E-state index in [0.717, 1.165) is 27.9 Å². The fourth-order valence-corrected chi connectivity index (χ4v) is 7.91. The Kier molecular flexibility index (Phi) is 5.83. The molecular formula is C44H30N4. The van der Waals surface area contributed by atoms with Crippen LogP contribution in [0, 0.1) is 0 Å². The molecular weight excluding hydrogens is 585 g/mol.